The standard InChI is InChI=1S/C14H13F3N2O2/c1-9-8-12(19-21-9)13(20)18-7-6-10-2-4-11(5-3-10)14(15,16)17/h2-5,8H,6-7H2,1H3,(H,18,20). The number of halogens is 3. The van der Waals surface area contributed by atoms with E-state index in [0.29, 0.717) is 24.3 Å². The van der Waals surface area contributed by atoms with Gasteiger partial charge in [0.1, 0.15) is 5.76 Å². The highest BCUT2D eigenvalue weighted by Gasteiger charge is 2.29. The van der Waals surface area contributed by atoms with Gasteiger partial charge in [0, 0.05) is 12.6 Å². The molecule has 1 heterocycles. The molecule has 2 aromatic rings. The number of alkyl halides is 3. The third-order valence-electron chi connectivity index (χ3n) is 2.84. The molecule has 0 saturated carbocycles. The van der Waals surface area contributed by atoms with Crippen molar-refractivity contribution in [1.29, 1.82) is 0 Å². The first kappa shape index (κ1) is 15.1. The number of nitrogens with zero attached hydrogens (tertiary/aromatic N) is 1. The van der Waals surface area contributed by atoms with Crippen LogP contribution in [-0.4, -0.2) is 17.6 Å². The summed E-state index contributed by atoms with van der Waals surface area (Å²) >= 11 is 0. The van der Waals surface area contributed by atoms with Crippen molar-refractivity contribution in [1.82, 2.24) is 10.5 Å². The van der Waals surface area contributed by atoms with E-state index in [1.165, 1.54) is 18.2 Å². The van der Waals surface area contributed by atoms with Crippen LogP contribution in [-0.2, 0) is 12.6 Å². The van der Waals surface area contributed by atoms with E-state index in [0.717, 1.165) is 12.1 Å². The SMILES string of the molecule is Cc1cc(C(=O)NCCc2ccc(C(F)(F)F)cc2)no1. The van der Waals surface area contributed by atoms with Crippen molar-refractivity contribution in [2.75, 3.05) is 6.54 Å². The number of aryl methyl sites for hydroxylation is 1. The average molecular weight is 298 g/mol. The quantitative estimate of drug-likeness (QED) is 0.944. The van der Waals surface area contributed by atoms with Gasteiger partial charge < -0.3 is 9.84 Å². The van der Waals surface area contributed by atoms with Crippen LogP contribution < -0.4 is 5.32 Å². The Kier molecular flexibility index (Phi) is 4.30. The van der Waals surface area contributed by atoms with E-state index in [9.17, 15) is 18.0 Å². The van der Waals surface area contributed by atoms with Gasteiger partial charge in [-0.3, -0.25) is 4.79 Å². The van der Waals surface area contributed by atoms with Crippen LogP contribution in [0.25, 0.3) is 0 Å². The molecule has 0 aliphatic carbocycles. The van der Waals surface area contributed by atoms with Gasteiger partial charge in [-0.05, 0) is 31.0 Å². The number of nitrogens with one attached hydrogen (secondary N) is 1. The predicted molar refractivity (Wildman–Crippen MR) is 68.7 cm³/mol. The summed E-state index contributed by atoms with van der Waals surface area (Å²) in [7, 11) is 0. The first-order valence-electron chi connectivity index (χ1n) is 6.24. The fraction of sp³-hybridized carbons (Fsp3) is 0.286. The van der Waals surface area contributed by atoms with Gasteiger partial charge in [-0.15, -0.1) is 0 Å². The minimum Gasteiger partial charge on any atom is -0.361 e. The number of benzene rings is 1. The number of aromatic nitrogens is 1. The summed E-state index contributed by atoms with van der Waals surface area (Å²) < 4.78 is 42.0. The van der Waals surface area contributed by atoms with E-state index >= 15 is 0 Å². The smallest absolute Gasteiger partial charge is 0.361 e. The Hall–Kier alpha value is -2.31. The molecular formula is C14H13F3N2O2. The Morgan fingerprint density at radius 1 is 1.29 bits per heavy atom. The van der Waals surface area contributed by atoms with Crippen molar-refractivity contribution < 1.29 is 22.5 Å². The molecule has 0 bridgehead atoms. The Bertz CT molecular complexity index is 618. The third kappa shape index (κ3) is 4.08. The third-order valence-corrected chi connectivity index (χ3v) is 2.84. The number of carbonyl (C=O) groups is 1. The molecule has 0 radical (unpaired) electrons. The zero-order chi connectivity index (χ0) is 15.5. The maximum atomic E-state index is 12.4. The van der Waals surface area contributed by atoms with Gasteiger partial charge in [0.25, 0.3) is 5.91 Å². The summed E-state index contributed by atoms with van der Waals surface area (Å²) in [6.45, 7) is 1.97. The topological polar surface area (TPSA) is 55.1 Å². The van der Waals surface area contributed by atoms with E-state index in [4.69, 9.17) is 4.52 Å². The lowest BCUT2D eigenvalue weighted by molar-refractivity contribution is -0.137. The Balaban J connectivity index is 1.85. The number of hydrogen-bond acceptors (Lipinski definition) is 3. The molecule has 7 heteroatoms. The van der Waals surface area contributed by atoms with Gasteiger partial charge in [-0.2, -0.15) is 13.2 Å². The van der Waals surface area contributed by atoms with Gasteiger partial charge in [-0.1, -0.05) is 17.3 Å². The number of hydrogen-bond donors (Lipinski definition) is 1. The Morgan fingerprint density at radius 3 is 2.48 bits per heavy atom. The minimum absolute atomic E-state index is 0.180. The molecule has 0 fully saturated rings. The molecule has 112 valence electrons. The molecule has 4 nitrogen and oxygen atoms in total. The zero-order valence-corrected chi connectivity index (χ0v) is 11.2. The predicted octanol–water partition coefficient (Wildman–Crippen LogP) is 2.97. The van der Waals surface area contributed by atoms with Gasteiger partial charge in [-0.25, -0.2) is 0 Å². The van der Waals surface area contributed by atoms with E-state index in [1.54, 1.807) is 6.92 Å². The minimum atomic E-state index is -4.34. The molecule has 0 unspecified atom stereocenters. The highest BCUT2D eigenvalue weighted by Crippen LogP contribution is 2.29. The van der Waals surface area contributed by atoms with Gasteiger partial charge in [0.05, 0.1) is 5.56 Å². The molecule has 0 atom stereocenters. The van der Waals surface area contributed by atoms with E-state index in [1.807, 2.05) is 0 Å². The second-order valence-corrected chi connectivity index (χ2v) is 4.52. The number of rotatable bonds is 4. The molecule has 0 aliphatic heterocycles. The fourth-order valence-electron chi connectivity index (χ4n) is 1.74. The first-order chi connectivity index (χ1) is 9.86. The Labute approximate surface area is 118 Å². The fourth-order valence-corrected chi connectivity index (χ4v) is 1.74. The van der Waals surface area contributed by atoms with Crippen molar-refractivity contribution in [3.8, 4) is 0 Å². The molecule has 21 heavy (non-hydrogen) atoms. The molecule has 1 aromatic carbocycles. The van der Waals surface area contributed by atoms with Crippen LogP contribution in [0.4, 0.5) is 13.2 Å². The zero-order valence-electron chi connectivity index (χ0n) is 11.2. The molecule has 0 saturated heterocycles. The van der Waals surface area contributed by atoms with Gasteiger partial charge in [0.2, 0.25) is 0 Å². The monoisotopic (exact) mass is 298 g/mol. The average Bonchev–Trinajstić information content (AvgIpc) is 2.85. The molecular weight excluding hydrogens is 285 g/mol. The van der Waals surface area contributed by atoms with E-state index in [2.05, 4.69) is 10.5 Å². The second-order valence-electron chi connectivity index (χ2n) is 4.52. The van der Waals surface area contributed by atoms with E-state index in [-0.39, 0.29) is 11.6 Å². The molecule has 1 aromatic heterocycles. The summed E-state index contributed by atoms with van der Waals surface area (Å²) in [5.74, 6) is 0.154. The normalized spacial score (nSPS) is 11.4. The molecule has 2 rings (SSSR count). The summed E-state index contributed by atoms with van der Waals surface area (Å²) in [5.41, 5.74) is 0.202. The van der Waals surface area contributed by atoms with E-state index < -0.39 is 11.7 Å². The van der Waals surface area contributed by atoms with Crippen LogP contribution in [0.15, 0.2) is 34.9 Å². The second kappa shape index (κ2) is 5.99. The van der Waals surface area contributed by atoms with Gasteiger partial charge >= 0.3 is 6.18 Å². The largest absolute Gasteiger partial charge is 0.416 e. The van der Waals surface area contributed by atoms with Crippen LogP contribution in [0.2, 0.25) is 0 Å². The van der Waals surface area contributed by atoms with Crippen molar-refractivity contribution >= 4 is 5.91 Å². The molecule has 0 spiro atoms. The van der Waals surface area contributed by atoms with Crippen LogP contribution >= 0.6 is 0 Å². The lowest BCUT2D eigenvalue weighted by atomic mass is 10.1. The van der Waals surface area contributed by atoms with Crippen LogP contribution in [0.1, 0.15) is 27.4 Å². The van der Waals surface area contributed by atoms with Crippen molar-refractivity contribution in [2.24, 2.45) is 0 Å². The van der Waals surface area contributed by atoms with Crippen molar-refractivity contribution in [2.45, 2.75) is 19.5 Å². The van der Waals surface area contributed by atoms with Crippen molar-refractivity contribution in [3.05, 3.63) is 52.9 Å². The first-order valence-corrected chi connectivity index (χ1v) is 6.24. The van der Waals surface area contributed by atoms with Crippen molar-refractivity contribution in [3.63, 3.8) is 0 Å². The maximum absolute atomic E-state index is 12.4. The van der Waals surface area contributed by atoms with Crippen LogP contribution in [0.3, 0.4) is 0 Å². The van der Waals surface area contributed by atoms with Crippen LogP contribution in [0.5, 0.6) is 0 Å². The molecule has 0 aliphatic rings. The maximum Gasteiger partial charge on any atom is 0.416 e. The Morgan fingerprint density at radius 2 is 1.95 bits per heavy atom. The number of carbonyl (C=O) groups excluding carboxylic acids is 1. The summed E-state index contributed by atoms with van der Waals surface area (Å²) in [6, 6.07) is 6.36. The van der Waals surface area contributed by atoms with Gasteiger partial charge in [0.15, 0.2) is 5.69 Å². The molecule has 1 amide bonds. The summed E-state index contributed by atoms with van der Waals surface area (Å²) in [6.07, 6.45) is -3.90. The highest BCUT2D eigenvalue weighted by atomic mass is 19.4. The summed E-state index contributed by atoms with van der Waals surface area (Å²) in [4.78, 5) is 11.7. The lowest BCUT2D eigenvalue weighted by Gasteiger charge is -2.08. The lowest BCUT2D eigenvalue weighted by Crippen LogP contribution is -2.25. The highest BCUT2D eigenvalue weighted by molar-refractivity contribution is 5.92. The van der Waals surface area contributed by atoms with Crippen LogP contribution in [0, 0.1) is 6.92 Å². The molecule has 1 N–H and O–H groups in total. The summed E-state index contributed by atoms with van der Waals surface area (Å²) in [5, 5.41) is 6.19. The number of amides is 1.